The minimum absolute atomic E-state index is 0.484. The van der Waals surface area contributed by atoms with E-state index in [1.165, 1.54) is 32.1 Å². The van der Waals surface area contributed by atoms with Crippen LogP contribution in [0.15, 0.2) is 30.5 Å². The number of nitrogens with one attached hydrogen (secondary N) is 2. The Labute approximate surface area is 129 Å². The maximum Gasteiger partial charge on any atom is 0.249 e. The minimum atomic E-state index is 0.484. The lowest BCUT2D eigenvalue weighted by Crippen LogP contribution is -2.23. The molecule has 3 rings (SSSR count). The van der Waals surface area contributed by atoms with Crippen molar-refractivity contribution in [1.29, 1.82) is 0 Å². The minimum Gasteiger partial charge on any atom is -0.366 e. The summed E-state index contributed by atoms with van der Waals surface area (Å²) in [5.41, 5.74) is 0.885. The van der Waals surface area contributed by atoms with Gasteiger partial charge in [-0.25, -0.2) is 0 Å². The molecular weight excluding hydrogens is 286 g/mol. The summed E-state index contributed by atoms with van der Waals surface area (Å²) >= 11 is 5.87. The Hall–Kier alpha value is -1.88. The zero-order valence-corrected chi connectivity index (χ0v) is 12.5. The molecule has 0 atom stereocenters. The second-order valence-electron chi connectivity index (χ2n) is 5.28. The van der Waals surface area contributed by atoms with Crippen LogP contribution in [0.25, 0.3) is 0 Å². The van der Waals surface area contributed by atoms with Crippen LogP contribution in [0.1, 0.15) is 32.1 Å². The third-order valence-corrected chi connectivity index (χ3v) is 3.87. The van der Waals surface area contributed by atoms with Crippen molar-refractivity contribution < 1.29 is 0 Å². The number of rotatable bonds is 4. The summed E-state index contributed by atoms with van der Waals surface area (Å²) < 4.78 is 0. The van der Waals surface area contributed by atoms with Crippen molar-refractivity contribution in [3.8, 4) is 0 Å². The van der Waals surface area contributed by atoms with Crippen LogP contribution in [0.2, 0.25) is 5.02 Å². The molecule has 0 saturated heterocycles. The topological polar surface area (TPSA) is 62.7 Å². The van der Waals surface area contributed by atoms with E-state index >= 15 is 0 Å². The van der Waals surface area contributed by atoms with Crippen molar-refractivity contribution >= 4 is 29.1 Å². The van der Waals surface area contributed by atoms with Crippen molar-refractivity contribution in [2.24, 2.45) is 0 Å². The molecule has 2 aromatic rings. The second kappa shape index (κ2) is 6.72. The SMILES string of the molecule is Clc1ccc(Nc2nncc(NC3CCCCC3)n2)cc1. The van der Waals surface area contributed by atoms with Crippen LogP contribution in [0.4, 0.5) is 17.5 Å². The molecule has 110 valence electrons. The van der Waals surface area contributed by atoms with Crippen molar-refractivity contribution in [3.63, 3.8) is 0 Å². The lowest BCUT2D eigenvalue weighted by atomic mass is 9.96. The molecule has 0 unspecified atom stereocenters. The van der Waals surface area contributed by atoms with E-state index in [0.29, 0.717) is 17.0 Å². The lowest BCUT2D eigenvalue weighted by molar-refractivity contribution is 0.461. The van der Waals surface area contributed by atoms with Crippen LogP contribution >= 0.6 is 11.6 Å². The molecule has 6 heteroatoms. The summed E-state index contributed by atoms with van der Waals surface area (Å²) in [4.78, 5) is 4.46. The standard InChI is InChI=1S/C15H18ClN5/c16-11-6-8-13(9-7-11)19-15-20-14(10-17-21-15)18-12-4-2-1-3-5-12/h6-10,12H,1-5H2,(H2,18,19,20,21). The molecule has 1 fully saturated rings. The first-order valence-electron chi connectivity index (χ1n) is 7.28. The van der Waals surface area contributed by atoms with E-state index < -0.39 is 0 Å². The number of anilines is 3. The Morgan fingerprint density at radius 1 is 1.05 bits per heavy atom. The predicted octanol–water partition coefficient (Wildman–Crippen LogP) is 4.01. The first-order valence-corrected chi connectivity index (χ1v) is 7.66. The van der Waals surface area contributed by atoms with Gasteiger partial charge in [0, 0.05) is 16.8 Å². The van der Waals surface area contributed by atoms with Gasteiger partial charge in [0.2, 0.25) is 5.95 Å². The monoisotopic (exact) mass is 303 g/mol. The molecule has 21 heavy (non-hydrogen) atoms. The molecule has 1 aliphatic rings. The molecule has 1 saturated carbocycles. The summed E-state index contributed by atoms with van der Waals surface area (Å²) in [6.07, 6.45) is 7.97. The summed E-state index contributed by atoms with van der Waals surface area (Å²) in [6, 6.07) is 7.90. The van der Waals surface area contributed by atoms with Crippen molar-refractivity contribution in [2.45, 2.75) is 38.1 Å². The fraction of sp³-hybridized carbons (Fsp3) is 0.400. The van der Waals surface area contributed by atoms with Gasteiger partial charge >= 0.3 is 0 Å². The molecule has 0 bridgehead atoms. The number of aromatic nitrogens is 3. The van der Waals surface area contributed by atoms with Gasteiger partial charge in [-0.3, -0.25) is 0 Å². The Morgan fingerprint density at radius 2 is 1.81 bits per heavy atom. The van der Waals surface area contributed by atoms with Crippen molar-refractivity contribution in [2.75, 3.05) is 10.6 Å². The highest BCUT2D eigenvalue weighted by atomic mass is 35.5. The van der Waals surface area contributed by atoms with E-state index in [-0.39, 0.29) is 0 Å². The Bertz CT molecular complexity index is 581. The van der Waals surface area contributed by atoms with E-state index in [1.54, 1.807) is 6.20 Å². The summed E-state index contributed by atoms with van der Waals surface area (Å²) in [5.74, 6) is 1.26. The van der Waals surface area contributed by atoms with Crippen LogP contribution in [-0.2, 0) is 0 Å². The predicted molar refractivity (Wildman–Crippen MR) is 85.1 cm³/mol. The Morgan fingerprint density at radius 3 is 2.57 bits per heavy atom. The zero-order chi connectivity index (χ0) is 14.5. The Kier molecular flexibility index (Phi) is 4.50. The van der Waals surface area contributed by atoms with Crippen LogP contribution in [0.3, 0.4) is 0 Å². The first-order chi connectivity index (χ1) is 10.3. The third kappa shape index (κ3) is 4.04. The quantitative estimate of drug-likeness (QED) is 0.893. The van der Waals surface area contributed by atoms with E-state index in [2.05, 4.69) is 25.8 Å². The smallest absolute Gasteiger partial charge is 0.249 e. The van der Waals surface area contributed by atoms with Crippen molar-refractivity contribution in [3.05, 3.63) is 35.5 Å². The van der Waals surface area contributed by atoms with Gasteiger partial charge in [-0.1, -0.05) is 30.9 Å². The van der Waals surface area contributed by atoms with Gasteiger partial charge in [0.15, 0.2) is 5.82 Å². The zero-order valence-electron chi connectivity index (χ0n) is 11.7. The van der Waals surface area contributed by atoms with Gasteiger partial charge in [-0.15, -0.1) is 5.10 Å². The van der Waals surface area contributed by atoms with E-state index in [9.17, 15) is 0 Å². The highest BCUT2D eigenvalue weighted by Gasteiger charge is 2.13. The number of nitrogens with zero attached hydrogens (tertiary/aromatic N) is 3. The van der Waals surface area contributed by atoms with Crippen molar-refractivity contribution in [1.82, 2.24) is 15.2 Å². The molecule has 0 spiro atoms. The first kappa shape index (κ1) is 14.1. The second-order valence-corrected chi connectivity index (χ2v) is 5.71. The fourth-order valence-electron chi connectivity index (χ4n) is 2.54. The van der Waals surface area contributed by atoms with Gasteiger partial charge in [0.25, 0.3) is 0 Å². The van der Waals surface area contributed by atoms with Gasteiger partial charge in [0.05, 0.1) is 6.20 Å². The van der Waals surface area contributed by atoms with E-state index in [1.807, 2.05) is 24.3 Å². The molecule has 1 heterocycles. The maximum atomic E-state index is 5.87. The molecule has 5 nitrogen and oxygen atoms in total. The van der Waals surface area contributed by atoms with Gasteiger partial charge in [-0.2, -0.15) is 10.1 Å². The van der Waals surface area contributed by atoms with E-state index in [4.69, 9.17) is 11.6 Å². The molecule has 0 amide bonds. The molecule has 1 aromatic carbocycles. The number of hydrogen-bond donors (Lipinski definition) is 2. The number of benzene rings is 1. The Balaban J connectivity index is 1.66. The molecule has 0 radical (unpaired) electrons. The largest absolute Gasteiger partial charge is 0.366 e. The van der Waals surface area contributed by atoms with Crippen LogP contribution in [0, 0.1) is 0 Å². The fourth-order valence-corrected chi connectivity index (χ4v) is 2.67. The average molecular weight is 304 g/mol. The summed E-state index contributed by atoms with van der Waals surface area (Å²) in [7, 11) is 0. The molecule has 1 aliphatic carbocycles. The average Bonchev–Trinajstić information content (AvgIpc) is 2.51. The number of hydrogen-bond acceptors (Lipinski definition) is 5. The van der Waals surface area contributed by atoms with E-state index in [0.717, 1.165) is 11.5 Å². The normalized spacial score (nSPS) is 15.7. The molecule has 2 N–H and O–H groups in total. The van der Waals surface area contributed by atoms with Crippen LogP contribution in [-0.4, -0.2) is 21.2 Å². The summed E-state index contributed by atoms with van der Waals surface area (Å²) in [5, 5.41) is 15.3. The molecule has 1 aromatic heterocycles. The molecule has 0 aliphatic heterocycles. The lowest BCUT2D eigenvalue weighted by Gasteiger charge is -2.23. The highest BCUT2D eigenvalue weighted by molar-refractivity contribution is 6.30. The number of halogens is 1. The molecular formula is C15H18ClN5. The van der Waals surface area contributed by atoms with Crippen LogP contribution < -0.4 is 10.6 Å². The summed E-state index contributed by atoms with van der Waals surface area (Å²) in [6.45, 7) is 0. The van der Waals surface area contributed by atoms with Gasteiger partial charge in [-0.05, 0) is 37.1 Å². The maximum absolute atomic E-state index is 5.87. The highest BCUT2D eigenvalue weighted by Crippen LogP contribution is 2.21. The van der Waals surface area contributed by atoms with Crippen LogP contribution in [0.5, 0.6) is 0 Å². The van der Waals surface area contributed by atoms with Gasteiger partial charge < -0.3 is 10.6 Å². The van der Waals surface area contributed by atoms with Gasteiger partial charge in [0.1, 0.15) is 0 Å². The third-order valence-electron chi connectivity index (χ3n) is 3.62.